The molecule has 0 aromatic carbocycles. The Morgan fingerprint density at radius 1 is 1.33 bits per heavy atom. The summed E-state index contributed by atoms with van der Waals surface area (Å²) in [6.07, 6.45) is 3.91. The van der Waals surface area contributed by atoms with Crippen LogP contribution in [-0.2, 0) is 14.3 Å². The Bertz CT molecular complexity index is 249. The number of hydrogen-bond donors (Lipinski definition) is 1. The van der Waals surface area contributed by atoms with Crippen LogP contribution in [0.3, 0.4) is 0 Å². The molecule has 2 fully saturated rings. The summed E-state index contributed by atoms with van der Waals surface area (Å²) in [5, 5.41) is 10.6. The van der Waals surface area contributed by atoms with Gasteiger partial charge in [0.2, 0.25) is 0 Å². The first kappa shape index (κ1) is 10.9. The minimum atomic E-state index is -0.906. The summed E-state index contributed by atoms with van der Waals surface area (Å²) >= 11 is 0. The Hall–Kier alpha value is -0.610. The van der Waals surface area contributed by atoms with E-state index in [2.05, 4.69) is 0 Å². The summed E-state index contributed by atoms with van der Waals surface area (Å²) in [4.78, 5) is 11.9. The van der Waals surface area contributed by atoms with Crippen LogP contribution in [-0.4, -0.2) is 37.0 Å². The minimum absolute atomic E-state index is 0.302. The van der Waals surface area contributed by atoms with Gasteiger partial charge in [0.25, 0.3) is 0 Å². The standard InChI is InChI=1S/C11H18O4/c1-14-9(12)10(6-7-15-8-10)11(13)4-2-3-5-11/h13H,2-8H2,1H3. The van der Waals surface area contributed by atoms with Gasteiger partial charge in [0.05, 0.1) is 19.3 Å². The molecule has 2 aliphatic rings. The van der Waals surface area contributed by atoms with E-state index in [1.165, 1.54) is 7.11 Å². The maximum Gasteiger partial charge on any atom is 0.317 e. The number of hydrogen-bond acceptors (Lipinski definition) is 4. The predicted molar refractivity (Wildman–Crippen MR) is 53.3 cm³/mol. The number of esters is 1. The highest BCUT2D eigenvalue weighted by Gasteiger charge is 2.59. The number of carbonyl (C=O) groups is 1. The molecule has 0 bridgehead atoms. The van der Waals surface area contributed by atoms with E-state index in [1.807, 2.05) is 0 Å². The second kappa shape index (κ2) is 3.76. The van der Waals surface area contributed by atoms with Gasteiger partial charge >= 0.3 is 5.97 Å². The van der Waals surface area contributed by atoms with Crippen LogP contribution in [0.1, 0.15) is 32.1 Å². The van der Waals surface area contributed by atoms with Crippen LogP contribution in [0, 0.1) is 5.41 Å². The van der Waals surface area contributed by atoms with Crippen molar-refractivity contribution >= 4 is 5.97 Å². The monoisotopic (exact) mass is 214 g/mol. The average molecular weight is 214 g/mol. The maximum absolute atomic E-state index is 11.9. The largest absolute Gasteiger partial charge is 0.468 e. The van der Waals surface area contributed by atoms with Crippen molar-refractivity contribution in [1.29, 1.82) is 0 Å². The van der Waals surface area contributed by atoms with Gasteiger partial charge < -0.3 is 14.6 Å². The fraction of sp³-hybridized carbons (Fsp3) is 0.909. The van der Waals surface area contributed by atoms with Gasteiger partial charge in [0.1, 0.15) is 5.41 Å². The summed E-state index contributed by atoms with van der Waals surface area (Å²) in [7, 11) is 1.38. The van der Waals surface area contributed by atoms with Crippen LogP contribution < -0.4 is 0 Å². The number of carbonyl (C=O) groups excluding carboxylic acids is 1. The highest BCUT2D eigenvalue weighted by molar-refractivity contribution is 5.79. The molecule has 0 aromatic rings. The third kappa shape index (κ3) is 1.47. The van der Waals surface area contributed by atoms with Crippen molar-refractivity contribution in [2.24, 2.45) is 5.41 Å². The fourth-order valence-corrected chi connectivity index (χ4v) is 2.92. The molecule has 1 N–H and O–H groups in total. The molecule has 1 aliphatic carbocycles. The highest BCUT2D eigenvalue weighted by atomic mass is 16.5. The quantitative estimate of drug-likeness (QED) is 0.693. The second-order valence-electron chi connectivity index (χ2n) is 4.61. The molecule has 1 heterocycles. The number of aliphatic hydroxyl groups is 1. The molecule has 0 amide bonds. The molecule has 1 aliphatic heterocycles. The topological polar surface area (TPSA) is 55.8 Å². The molecular formula is C11H18O4. The van der Waals surface area contributed by atoms with Gasteiger partial charge in [0, 0.05) is 6.61 Å². The summed E-state index contributed by atoms with van der Waals surface area (Å²) in [6, 6.07) is 0. The third-order valence-electron chi connectivity index (χ3n) is 3.92. The first-order valence-electron chi connectivity index (χ1n) is 5.53. The molecule has 1 unspecified atom stereocenters. The molecule has 0 radical (unpaired) electrons. The lowest BCUT2D eigenvalue weighted by Crippen LogP contribution is -2.52. The molecule has 86 valence electrons. The molecule has 0 spiro atoms. The first-order valence-corrected chi connectivity index (χ1v) is 5.53. The first-order chi connectivity index (χ1) is 7.15. The molecule has 15 heavy (non-hydrogen) atoms. The van der Waals surface area contributed by atoms with Crippen LogP contribution >= 0.6 is 0 Å². The van der Waals surface area contributed by atoms with Crippen LogP contribution in [0.2, 0.25) is 0 Å². The third-order valence-corrected chi connectivity index (χ3v) is 3.92. The Balaban J connectivity index is 2.29. The Morgan fingerprint density at radius 2 is 2.00 bits per heavy atom. The summed E-state index contributed by atoms with van der Waals surface area (Å²) < 4.78 is 10.1. The molecule has 1 saturated carbocycles. The molecule has 1 saturated heterocycles. The summed E-state index contributed by atoms with van der Waals surface area (Å²) in [5.74, 6) is -0.315. The Labute approximate surface area is 89.6 Å². The molecule has 2 rings (SSSR count). The lowest BCUT2D eigenvalue weighted by atomic mass is 9.70. The van der Waals surface area contributed by atoms with Gasteiger partial charge in [0.15, 0.2) is 0 Å². The Morgan fingerprint density at radius 3 is 2.47 bits per heavy atom. The molecule has 4 heteroatoms. The van der Waals surface area contributed by atoms with Crippen LogP contribution in [0.5, 0.6) is 0 Å². The zero-order valence-electron chi connectivity index (χ0n) is 9.12. The maximum atomic E-state index is 11.9. The summed E-state index contributed by atoms with van der Waals surface area (Å²) in [6.45, 7) is 0.841. The van der Waals surface area contributed by atoms with E-state index >= 15 is 0 Å². The SMILES string of the molecule is COC(=O)C1(C2(O)CCCC2)CCOC1. The van der Waals surface area contributed by atoms with Crippen molar-refractivity contribution in [3.63, 3.8) is 0 Å². The van der Waals surface area contributed by atoms with Gasteiger partial charge in [-0.3, -0.25) is 4.79 Å². The fourth-order valence-electron chi connectivity index (χ4n) is 2.92. The average Bonchev–Trinajstić information content (AvgIpc) is 2.86. The molecule has 0 aromatic heterocycles. The lowest BCUT2D eigenvalue weighted by molar-refractivity contribution is -0.172. The van der Waals surface area contributed by atoms with E-state index in [4.69, 9.17) is 9.47 Å². The van der Waals surface area contributed by atoms with E-state index in [0.717, 1.165) is 12.8 Å². The molecule has 1 atom stereocenters. The zero-order valence-corrected chi connectivity index (χ0v) is 9.12. The minimum Gasteiger partial charge on any atom is -0.468 e. The highest BCUT2D eigenvalue weighted by Crippen LogP contribution is 2.49. The number of ether oxygens (including phenoxy) is 2. The lowest BCUT2D eigenvalue weighted by Gasteiger charge is -2.38. The van der Waals surface area contributed by atoms with Crippen molar-refractivity contribution < 1.29 is 19.4 Å². The Kier molecular flexibility index (Phi) is 2.73. The van der Waals surface area contributed by atoms with E-state index in [-0.39, 0.29) is 5.97 Å². The second-order valence-corrected chi connectivity index (χ2v) is 4.61. The van der Waals surface area contributed by atoms with E-state index in [9.17, 15) is 9.90 Å². The van der Waals surface area contributed by atoms with Gasteiger partial charge in [-0.25, -0.2) is 0 Å². The van der Waals surface area contributed by atoms with Crippen molar-refractivity contribution in [3.05, 3.63) is 0 Å². The van der Waals surface area contributed by atoms with Crippen LogP contribution in [0.4, 0.5) is 0 Å². The van der Waals surface area contributed by atoms with Crippen molar-refractivity contribution in [2.45, 2.75) is 37.7 Å². The van der Waals surface area contributed by atoms with Gasteiger partial charge in [-0.15, -0.1) is 0 Å². The summed E-state index contributed by atoms with van der Waals surface area (Å²) in [5.41, 5.74) is -1.71. The van der Waals surface area contributed by atoms with Crippen LogP contribution in [0.15, 0.2) is 0 Å². The smallest absolute Gasteiger partial charge is 0.317 e. The zero-order chi connectivity index (χ0) is 10.9. The number of methoxy groups -OCH3 is 1. The van der Waals surface area contributed by atoms with E-state index in [1.54, 1.807) is 0 Å². The van der Waals surface area contributed by atoms with Crippen molar-refractivity contribution in [2.75, 3.05) is 20.3 Å². The predicted octanol–water partition coefficient (Wildman–Crippen LogP) is 0.871. The van der Waals surface area contributed by atoms with Crippen molar-refractivity contribution in [3.8, 4) is 0 Å². The van der Waals surface area contributed by atoms with Crippen LogP contribution in [0.25, 0.3) is 0 Å². The molecular weight excluding hydrogens is 196 g/mol. The van der Waals surface area contributed by atoms with Crippen molar-refractivity contribution in [1.82, 2.24) is 0 Å². The van der Waals surface area contributed by atoms with Gasteiger partial charge in [-0.05, 0) is 19.3 Å². The van der Waals surface area contributed by atoms with Gasteiger partial charge in [-0.1, -0.05) is 12.8 Å². The number of rotatable bonds is 2. The van der Waals surface area contributed by atoms with E-state index < -0.39 is 11.0 Å². The van der Waals surface area contributed by atoms with E-state index in [0.29, 0.717) is 32.5 Å². The molecule has 4 nitrogen and oxygen atoms in total. The normalized spacial score (nSPS) is 34.3. The van der Waals surface area contributed by atoms with Gasteiger partial charge in [-0.2, -0.15) is 0 Å².